The molecule has 0 aliphatic carbocycles. The Morgan fingerprint density at radius 2 is 1.66 bits per heavy atom. The van der Waals surface area contributed by atoms with E-state index in [0.717, 1.165) is 30.5 Å². The Morgan fingerprint density at radius 3 is 2.30 bits per heavy atom. The monoisotopic (exact) mass is 677 g/mol. The number of rotatable bonds is 13. The van der Waals surface area contributed by atoms with E-state index in [1.165, 1.54) is 18.2 Å². The molecule has 0 saturated heterocycles. The van der Waals surface area contributed by atoms with Crippen molar-refractivity contribution >= 4 is 35.1 Å². The number of hydrogen-bond acceptors (Lipinski definition) is 4. The van der Waals surface area contributed by atoms with Gasteiger partial charge in [-0.25, -0.2) is 18.6 Å². The molecule has 1 atom stereocenters. The van der Waals surface area contributed by atoms with Crippen molar-refractivity contribution in [1.29, 1.82) is 0 Å². The lowest BCUT2D eigenvalue weighted by Crippen LogP contribution is -2.33. The van der Waals surface area contributed by atoms with E-state index < -0.39 is 29.6 Å². The first-order valence-corrected chi connectivity index (χ1v) is 15.7. The number of aryl methyl sites for hydroxylation is 1. The lowest BCUT2D eigenvalue weighted by molar-refractivity contribution is -0.121. The Bertz CT molecular complexity index is 1880. The van der Waals surface area contributed by atoms with Crippen LogP contribution < -0.4 is 10.1 Å². The Balaban J connectivity index is 1.44. The predicted molar refractivity (Wildman–Crippen MR) is 177 cm³/mol. The van der Waals surface area contributed by atoms with Crippen LogP contribution in [0.2, 0.25) is 10.0 Å². The fourth-order valence-electron chi connectivity index (χ4n) is 5.06. The molecule has 11 heteroatoms. The van der Waals surface area contributed by atoms with Crippen molar-refractivity contribution < 1.29 is 28.2 Å². The van der Waals surface area contributed by atoms with E-state index in [0.29, 0.717) is 51.6 Å². The highest BCUT2D eigenvalue weighted by molar-refractivity contribution is 6.36. The zero-order valence-corrected chi connectivity index (χ0v) is 26.9. The number of imidazole rings is 1. The molecule has 242 valence electrons. The summed E-state index contributed by atoms with van der Waals surface area (Å²) < 4.78 is 35.8. The molecule has 4 aromatic carbocycles. The molecule has 0 fully saturated rings. The third kappa shape index (κ3) is 8.75. The van der Waals surface area contributed by atoms with E-state index in [9.17, 15) is 18.4 Å². The Kier molecular flexibility index (Phi) is 10.9. The van der Waals surface area contributed by atoms with Gasteiger partial charge in [-0.3, -0.25) is 4.79 Å². The fraction of sp³-hybridized carbons (Fsp3) is 0.194. The lowest BCUT2D eigenvalue weighted by atomic mass is 10.0. The molecule has 0 bridgehead atoms. The maximum atomic E-state index is 14.4. The summed E-state index contributed by atoms with van der Waals surface area (Å²) >= 11 is 12.7. The second-order valence-electron chi connectivity index (χ2n) is 11.0. The van der Waals surface area contributed by atoms with Crippen LogP contribution in [0.5, 0.6) is 11.5 Å². The number of carboxylic acid groups (broad SMARTS) is 1. The molecule has 1 heterocycles. The molecule has 7 nitrogen and oxygen atoms in total. The van der Waals surface area contributed by atoms with Gasteiger partial charge in [0.15, 0.2) is 0 Å². The first-order chi connectivity index (χ1) is 22.6. The summed E-state index contributed by atoms with van der Waals surface area (Å²) in [6.45, 7) is 2.71. The van der Waals surface area contributed by atoms with E-state index in [2.05, 4.69) is 12.2 Å². The van der Waals surface area contributed by atoms with Crippen LogP contribution in [0.4, 0.5) is 8.78 Å². The number of hydrogen-bond donors (Lipinski definition) is 2. The van der Waals surface area contributed by atoms with Crippen LogP contribution in [-0.4, -0.2) is 26.5 Å². The van der Waals surface area contributed by atoms with E-state index in [1.54, 1.807) is 42.5 Å². The second kappa shape index (κ2) is 15.2. The van der Waals surface area contributed by atoms with Gasteiger partial charge in [0.1, 0.15) is 29.0 Å². The first-order valence-electron chi connectivity index (χ1n) is 15.0. The highest BCUT2D eigenvalue weighted by atomic mass is 35.5. The van der Waals surface area contributed by atoms with Crippen LogP contribution in [0.25, 0.3) is 11.3 Å². The molecule has 0 unspecified atom stereocenters. The van der Waals surface area contributed by atoms with Crippen LogP contribution in [0.1, 0.15) is 53.1 Å². The molecule has 0 aliphatic rings. The first kappa shape index (κ1) is 33.6. The molecule has 0 spiro atoms. The van der Waals surface area contributed by atoms with Gasteiger partial charge in [-0.2, -0.15) is 0 Å². The number of nitrogens with one attached hydrogen (secondary N) is 1. The summed E-state index contributed by atoms with van der Waals surface area (Å²) in [5.41, 5.74) is 2.38. The summed E-state index contributed by atoms with van der Waals surface area (Å²) in [7, 11) is 0. The van der Waals surface area contributed by atoms with Gasteiger partial charge < -0.3 is 19.7 Å². The predicted octanol–water partition coefficient (Wildman–Crippen LogP) is 9.07. The molecule has 47 heavy (non-hydrogen) atoms. The quantitative estimate of drug-likeness (QED) is 0.130. The van der Waals surface area contributed by atoms with Gasteiger partial charge in [-0.1, -0.05) is 54.7 Å². The molecule has 5 aromatic rings. The number of carbonyl (C=O) groups excluding carboxylic acids is 1. The molecule has 2 N–H and O–H groups in total. The average Bonchev–Trinajstić information content (AvgIpc) is 3.46. The zero-order valence-electron chi connectivity index (χ0n) is 25.4. The van der Waals surface area contributed by atoms with Gasteiger partial charge in [-0.05, 0) is 84.6 Å². The number of aromatic nitrogens is 2. The fourth-order valence-corrected chi connectivity index (χ4v) is 5.57. The molecule has 1 amide bonds. The normalized spacial score (nSPS) is 11.7. The number of carboxylic acids is 1. The van der Waals surface area contributed by atoms with Crippen LogP contribution in [0.15, 0.2) is 91.1 Å². The summed E-state index contributed by atoms with van der Waals surface area (Å²) in [6.07, 6.45) is 3.73. The van der Waals surface area contributed by atoms with Crippen molar-refractivity contribution in [3.05, 3.63) is 135 Å². The van der Waals surface area contributed by atoms with Crippen LogP contribution >= 0.6 is 23.2 Å². The van der Waals surface area contributed by atoms with Gasteiger partial charge >= 0.3 is 5.97 Å². The van der Waals surface area contributed by atoms with E-state index >= 15 is 0 Å². The molecule has 1 aromatic heterocycles. The van der Waals surface area contributed by atoms with Crippen LogP contribution in [0.3, 0.4) is 0 Å². The average molecular weight is 679 g/mol. The number of nitrogens with zero attached hydrogens (tertiary/aromatic N) is 2. The number of halogens is 4. The van der Waals surface area contributed by atoms with Crippen molar-refractivity contribution in [3.63, 3.8) is 0 Å². The summed E-state index contributed by atoms with van der Waals surface area (Å²) in [6, 6.07) is 21.0. The Hall–Kier alpha value is -4.73. The summed E-state index contributed by atoms with van der Waals surface area (Å²) in [4.78, 5) is 29.4. The van der Waals surface area contributed by atoms with Gasteiger partial charge in [0.2, 0.25) is 5.91 Å². The van der Waals surface area contributed by atoms with Gasteiger partial charge in [0, 0.05) is 29.4 Å². The van der Waals surface area contributed by atoms with Gasteiger partial charge in [-0.15, -0.1) is 0 Å². The Labute approximate surface area is 280 Å². The summed E-state index contributed by atoms with van der Waals surface area (Å²) in [5, 5.41) is 13.1. The van der Waals surface area contributed by atoms with Crippen molar-refractivity contribution in [3.8, 4) is 22.8 Å². The van der Waals surface area contributed by atoms with E-state index in [4.69, 9.17) is 38.0 Å². The highest BCUT2D eigenvalue weighted by Gasteiger charge is 2.24. The van der Waals surface area contributed by atoms with Crippen molar-refractivity contribution in [1.82, 2.24) is 14.9 Å². The van der Waals surface area contributed by atoms with Crippen molar-refractivity contribution in [2.45, 2.75) is 45.2 Å². The SMILES string of the molecule is CCCCn1cc(-c2ccc(Cl)cc2Cl)nc1[C@H](Cc1ccc(Oc2ccc(C(=O)O)cc2)cc1)NC(=O)Cc1ccc(F)cc1F. The molecular weight excluding hydrogens is 647 g/mol. The topological polar surface area (TPSA) is 93.5 Å². The molecule has 5 rings (SSSR count). The molecular formula is C36H31Cl2F2N3O4. The standard InChI is InChI=1S/C36H31Cl2F2N3O4/c1-2-3-16-43-21-33(29-15-9-25(37)19-30(29)38)42-35(43)32(41-34(44)18-24-6-10-26(39)20-31(24)40)17-22-4-11-27(12-5-22)47-28-13-7-23(8-14-28)36(45)46/h4-15,19-21,32H,2-3,16-18H2,1H3,(H,41,44)(H,45,46)/t32-/m0/s1. The minimum absolute atomic E-state index is 0.0727. The third-order valence-electron chi connectivity index (χ3n) is 7.48. The third-order valence-corrected chi connectivity index (χ3v) is 8.03. The molecule has 0 aliphatic heterocycles. The summed E-state index contributed by atoms with van der Waals surface area (Å²) in [5.74, 6) is -1.40. The number of carbonyl (C=O) groups is 2. The second-order valence-corrected chi connectivity index (χ2v) is 11.8. The van der Waals surface area contributed by atoms with Crippen molar-refractivity contribution in [2.24, 2.45) is 0 Å². The zero-order chi connectivity index (χ0) is 33.5. The maximum Gasteiger partial charge on any atom is 0.335 e. The molecule has 0 radical (unpaired) electrons. The highest BCUT2D eigenvalue weighted by Crippen LogP contribution is 2.32. The van der Waals surface area contributed by atoms with Crippen molar-refractivity contribution in [2.75, 3.05) is 0 Å². The van der Waals surface area contributed by atoms with Gasteiger partial charge in [0.05, 0.1) is 28.7 Å². The minimum atomic E-state index is -1.02. The number of amides is 1. The Morgan fingerprint density at radius 1 is 0.957 bits per heavy atom. The smallest absolute Gasteiger partial charge is 0.335 e. The minimum Gasteiger partial charge on any atom is -0.478 e. The van der Waals surface area contributed by atoms with Gasteiger partial charge in [0.25, 0.3) is 0 Å². The number of unbranched alkanes of at least 4 members (excludes halogenated alkanes) is 1. The van der Waals surface area contributed by atoms with Crippen LogP contribution in [-0.2, 0) is 24.2 Å². The van der Waals surface area contributed by atoms with E-state index in [-0.39, 0.29) is 17.5 Å². The molecule has 0 saturated carbocycles. The number of aromatic carboxylic acids is 1. The van der Waals surface area contributed by atoms with E-state index in [1.807, 2.05) is 22.9 Å². The lowest BCUT2D eigenvalue weighted by Gasteiger charge is -2.20. The number of benzene rings is 4. The maximum absolute atomic E-state index is 14.4. The number of ether oxygens (including phenoxy) is 1. The van der Waals surface area contributed by atoms with Crippen LogP contribution in [0, 0.1) is 11.6 Å². The largest absolute Gasteiger partial charge is 0.478 e.